The van der Waals surface area contributed by atoms with Gasteiger partial charge in [-0.3, -0.25) is 14.9 Å². The van der Waals surface area contributed by atoms with Gasteiger partial charge in [0.15, 0.2) is 5.82 Å². The number of nitrogens with one attached hydrogen (secondary N) is 2. The van der Waals surface area contributed by atoms with Gasteiger partial charge in [0.2, 0.25) is 0 Å². The maximum absolute atomic E-state index is 12.0. The standard InChI is InChI=1S/C15H11IN4O/c16-12-5-3-10(4-6-12)13-8-14(20-19-13)18-15(21)11-2-1-7-17-9-11/h1-9H,(H2,18,19,20,21). The van der Waals surface area contributed by atoms with Crippen molar-refractivity contribution in [1.29, 1.82) is 0 Å². The molecule has 6 heteroatoms. The van der Waals surface area contributed by atoms with Crippen LogP contribution >= 0.6 is 22.6 Å². The van der Waals surface area contributed by atoms with Crippen molar-refractivity contribution < 1.29 is 4.79 Å². The summed E-state index contributed by atoms with van der Waals surface area (Å²) in [4.78, 5) is 15.9. The Morgan fingerprint density at radius 3 is 2.71 bits per heavy atom. The van der Waals surface area contributed by atoms with Crippen molar-refractivity contribution in [1.82, 2.24) is 15.2 Å². The molecular formula is C15H11IN4O. The molecule has 0 radical (unpaired) electrons. The molecule has 0 unspecified atom stereocenters. The molecule has 0 saturated heterocycles. The highest BCUT2D eigenvalue weighted by atomic mass is 127. The Morgan fingerprint density at radius 1 is 1.19 bits per heavy atom. The number of aromatic amines is 1. The number of amides is 1. The molecule has 3 aromatic rings. The van der Waals surface area contributed by atoms with Gasteiger partial charge in [-0.1, -0.05) is 12.1 Å². The molecule has 5 nitrogen and oxygen atoms in total. The average molecular weight is 390 g/mol. The molecule has 0 bridgehead atoms. The van der Waals surface area contributed by atoms with Crippen LogP contribution in [0, 0.1) is 3.57 Å². The third-order valence-corrected chi connectivity index (χ3v) is 3.62. The highest BCUT2D eigenvalue weighted by molar-refractivity contribution is 14.1. The molecule has 1 aromatic carbocycles. The monoisotopic (exact) mass is 390 g/mol. The molecule has 0 aliphatic rings. The minimum Gasteiger partial charge on any atom is -0.305 e. The van der Waals surface area contributed by atoms with Gasteiger partial charge in [-0.05, 0) is 52.4 Å². The number of carbonyl (C=O) groups excluding carboxylic acids is 1. The number of rotatable bonds is 3. The molecule has 0 spiro atoms. The number of halogens is 1. The SMILES string of the molecule is O=C(Nc1cc(-c2ccc(I)cc2)[nH]n1)c1cccnc1. The predicted octanol–water partition coefficient (Wildman–Crippen LogP) is 3.33. The number of nitrogens with zero attached hydrogens (tertiary/aromatic N) is 2. The second kappa shape index (κ2) is 6.04. The molecular weight excluding hydrogens is 379 g/mol. The summed E-state index contributed by atoms with van der Waals surface area (Å²) in [6.07, 6.45) is 3.14. The van der Waals surface area contributed by atoms with E-state index in [1.165, 1.54) is 9.77 Å². The molecule has 1 amide bonds. The fraction of sp³-hybridized carbons (Fsp3) is 0. The van der Waals surface area contributed by atoms with Crippen LogP contribution in [0.4, 0.5) is 5.82 Å². The maximum atomic E-state index is 12.0. The number of aromatic nitrogens is 3. The minimum atomic E-state index is -0.233. The van der Waals surface area contributed by atoms with E-state index in [-0.39, 0.29) is 5.91 Å². The van der Waals surface area contributed by atoms with Gasteiger partial charge in [0.1, 0.15) is 0 Å². The van der Waals surface area contributed by atoms with E-state index < -0.39 is 0 Å². The molecule has 0 atom stereocenters. The smallest absolute Gasteiger partial charge is 0.258 e. The highest BCUT2D eigenvalue weighted by Crippen LogP contribution is 2.21. The Hall–Kier alpha value is -2.22. The van der Waals surface area contributed by atoms with Crippen LogP contribution in [0.15, 0.2) is 54.9 Å². The summed E-state index contributed by atoms with van der Waals surface area (Å²) in [6.45, 7) is 0. The van der Waals surface area contributed by atoms with Crippen LogP contribution in [0.5, 0.6) is 0 Å². The fourth-order valence-electron chi connectivity index (χ4n) is 1.85. The second-order valence-corrected chi connectivity index (χ2v) is 5.62. The average Bonchev–Trinajstić information content (AvgIpc) is 2.97. The highest BCUT2D eigenvalue weighted by Gasteiger charge is 2.09. The van der Waals surface area contributed by atoms with E-state index in [4.69, 9.17) is 0 Å². The first-order chi connectivity index (χ1) is 10.2. The molecule has 2 heterocycles. The first-order valence-electron chi connectivity index (χ1n) is 6.25. The number of benzene rings is 1. The Morgan fingerprint density at radius 2 is 2.00 bits per heavy atom. The van der Waals surface area contributed by atoms with Crippen molar-refractivity contribution in [2.75, 3.05) is 5.32 Å². The van der Waals surface area contributed by atoms with Crippen molar-refractivity contribution in [2.24, 2.45) is 0 Å². The maximum Gasteiger partial charge on any atom is 0.258 e. The van der Waals surface area contributed by atoms with Crippen LogP contribution in [0.25, 0.3) is 11.3 Å². The van der Waals surface area contributed by atoms with Crippen molar-refractivity contribution in [3.8, 4) is 11.3 Å². The van der Waals surface area contributed by atoms with Gasteiger partial charge in [0.25, 0.3) is 5.91 Å². The van der Waals surface area contributed by atoms with Gasteiger partial charge in [0, 0.05) is 22.0 Å². The predicted molar refractivity (Wildman–Crippen MR) is 88.9 cm³/mol. The van der Waals surface area contributed by atoms with E-state index >= 15 is 0 Å². The van der Waals surface area contributed by atoms with E-state index in [0.29, 0.717) is 11.4 Å². The van der Waals surface area contributed by atoms with Crippen LogP contribution < -0.4 is 5.32 Å². The summed E-state index contributed by atoms with van der Waals surface area (Å²) >= 11 is 2.25. The zero-order chi connectivity index (χ0) is 14.7. The van der Waals surface area contributed by atoms with Crippen molar-refractivity contribution in [2.45, 2.75) is 0 Å². The Bertz CT molecular complexity index is 753. The van der Waals surface area contributed by atoms with Crippen LogP contribution in [0.3, 0.4) is 0 Å². The number of anilines is 1. The number of hydrogen-bond acceptors (Lipinski definition) is 3. The van der Waals surface area contributed by atoms with Gasteiger partial charge in [-0.25, -0.2) is 0 Å². The van der Waals surface area contributed by atoms with E-state index in [2.05, 4.69) is 43.1 Å². The lowest BCUT2D eigenvalue weighted by Crippen LogP contribution is -2.12. The molecule has 0 saturated carbocycles. The normalized spacial score (nSPS) is 10.3. The van der Waals surface area contributed by atoms with Crippen molar-refractivity contribution in [3.63, 3.8) is 0 Å². The summed E-state index contributed by atoms with van der Waals surface area (Å²) in [5, 5.41) is 9.75. The summed E-state index contributed by atoms with van der Waals surface area (Å²) in [5.74, 6) is 0.251. The lowest BCUT2D eigenvalue weighted by atomic mass is 10.1. The lowest BCUT2D eigenvalue weighted by Gasteiger charge is -2.00. The van der Waals surface area contributed by atoms with E-state index in [9.17, 15) is 4.79 Å². The topological polar surface area (TPSA) is 70.7 Å². The first kappa shape index (κ1) is 13.7. The Balaban J connectivity index is 1.76. The number of hydrogen-bond donors (Lipinski definition) is 2. The Labute approximate surface area is 135 Å². The molecule has 104 valence electrons. The zero-order valence-corrected chi connectivity index (χ0v) is 13.0. The van der Waals surface area contributed by atoms with Gasteiger partial charge in [0.05, 0.1) is 11.3 Å². The van der Waals surface area contributed by atoms with Crippen LogP contribution in [-0.4, -0.2) is 21.1 Å². The van der Waals surface area contributed by atoms with Crippen LogP contribution in [0.1, 0.15) is 10.4 Å². The van der Waals surface area contributed by atoms with E-state index in [1.807, 2.05) is 24.3 Å². The zero-order valence-electron chi connectivity index (χ0n) is 10.9. The second-order valence-electron chi connectivity index (χ2n) is 4.37. The van der Waals surface area contributed by atoms with Crippen molar-refractivity contribution >= 4 is 34.3 Å². The first-order valence-corrected chi connectivity index (χ1v) is 7.33. The van der Waals surface area contributed by atoms with E-state index in [1.54, 1.807) is 24.4 Å². The summed E-state index contributed by atoms with van der Waals surface area (Å²) < 4.78 is 1.17. The molecule has 21 heavy (non-hydrogen) atoms. The van der Waals surface area contributed by atoms with Gasteiger partial charge >= 0.3 is 0 Å². The van der Waals surface area contributed by atoms with Crippen molar-refractivity contribution in [3.05, 3.63) is 64.0 Å². The molecule has 3 rings (SSSR count). The van der Waals surface area contributed by atoms with Crippen LogP contribution in [0.2, 0.25) is 0 Å². The Kier molecular flexibility index (Phi) is 3.96. The summed E-state index contributed by atoms with van der Waals surface area (Å²) in [5.41, 5.74) is 2.37. The summed E-state index contributed by atoms with van der Waals surface area (Å²) in [6, 6.07) is 13.3. The number of H-pyrrole nitrogens is 1. The molecule has 2 N–H and O–H groups in total. The lowest BCUT2D eigenvalue weighted by molar-refractivity contribution is 0.102. The molecule has 0 aliphatic carbocycles. The minimum absolute atomic E-state index is 0.233. The van der Waals surface area contributed by atoms with Gasteiger partial charge in [-0.15, -0.1) is 0 Å². The van der Waals surface area contributed by atoms with Gasteiger partial charge < -0.3 is 5.32 Å². The van der Waals surface area contributed by atoms with Crippen LogP contribution in [-0.2, 0) is 0 Å². The van der Waals surface area contributed by atoms with Gasteiger partial charge in [-0.2, -0.15) is 5.10 Å². The third-order valence-electron chi connectivity index (χ3n) is 2.90. The molecule has 2 aromatic heterocycles. The quantitative estimate of drug-likeness (QED) is 0.674. The largest absolute Gasteiger partial charge is 0.305 e. The fourth-order valence-corrected chi connectivity index (χ4v) is 2.21. The molecule has 0 aliphatic heterocycles. The number of pyridine rings is 1. The summed E-state index contributed by atoms with van der Waals surface area (Å²) in [7, 11) is 0. The number of carbonyl (C=O) groups is 1. The van der Waals surface area contributed by atoms with E-state index in [0.717, 1.165) is 11.3 Å². The molecule has 0 fully saturated rings. The third kappa shape index (κ3) is 3.27.